The number of carbonyl (C=O) groups is 2. The Kier molecular flexibility index (Phi) is 7.54. The lowest BCUT2D eigenvalue weighted by atomic mass is 9.87. The van der Waals surface area contributed by atoms with E-state index in [1.807, 2.05) is 11.1 Å². The molecule has 2 aromatic rings. The number of urea groups is 1. The van der Waals surface area contributed by atoms with E-state index in [0.29, 0.717) is 25.4 Å². The van der Waals surface area contributed by atoms with E-state index in [9.17, 15) is 9.59 Å². The minimum Gasteiger partial charge on any atom is -0.351 e. The third-order valence-electron chi connectivity index (χ3n) is 7.98. The maximum absolute atomic E-state index is 13.1. The number of hydrogen-bond acceptors (Lipinski definition) is 3. The highest BCUT2D eigenvalue weighted by Gasteiger charge is 2.29. The number of nitrogens with two attached hydrogens (primary N) is 1. The minimum absolute atomic E-state index is 0.235. The molecule has 190 valence electrons. The molecule has 6 nitrogen and oxygen atoms in total. The zero-order valence-electron chi connectivity index (χ0n) is 20.7. The van der Waals surface area contributed by atoms with E-state index in [-0.39, 0.29) is 11.9 Å². The smallest absolute Gasteiger partial charge is 0.314 e. The predicted molar refractivity (Wildman–Crippen MR) is 149 cm³/mol. The van der Waals surface area contributed by atoms with Crippen LogP contribution in [0.15, 0.2) is 38.9 Å². The fraction of sp³-hybridized carbons (Fsp3) is 0.464. The summed E-state index contributed by atoms with van der Waals surface area (Å²) < 4.78 is 2.20. The molecule has 0 unspecified atom stereocenters. The van der Waals surface area contributed by atoms with Gasteiger partial charge in [0.25, 0.3) is 0 Å². The van der Waals surface area contributed by atoms with E-state index in [2.05, 4.69) is 57.0 Å². The van der Waals surface area contributed by atoms with Gasteiger partial charge in [-0.1, -0.05) is 33.6 Å². The van der Waals surface area contributed by atoms with Crippen LogP contribution in [0.4, 0.5) is 4.79 Å². The van der Waals surface area contributed by atoms with E-state index in [0.717, 1.165) is 61.8 Å². The van der Waals surface area contributed by atoms with E-state index < -0.39 is 0 Å². The van der Waals surface area contributed by atoms with Crippen molar-refractivity contribution < 1.29 is 9.59 Å². The number of aryl methyl sites for hydroxylation is 2. The highest BCUT2D eigenvalue weighted by atomic mass is 79.9. The van der Waals surface area contributed by atoms with Gasteiger partial charge >= 0.3 is 6.03 Å². The molecule has 2 saturated heterocycles. The fourth-order valence-corrected chi connectivity index (χ4v) is 6.79. The van der Waals surface area contributed by atoms with Crippen LogP contribution in [0.25, 0.3) is 5.57 Å². The predicted octanol–water partition coefficient (Wildman–Crippen LogP) is 5.62. The number of rotatable bonds is 2. The summed E-state index contributed by atoms with van der Waals surface area (Å²) in [6.45, 7) is 4.94. The summed E-state index contributed by atoms with van der Waals surface area (Å²) >= 11 is 7.48. The third kappa shape index (κ3) is 5.12. The van der Waals surface area contributed by atoms with Gasteiger partial charge in [0.05, 0.1) is 5.69 Å². The van der Waals surface area contributed by atoms with Crippen LogP contribution < -0.4 is 5.73 Å². The van der Waals surface area contributed by atoms with E-state index in [1.54, 1.807) is 4.90 Å². The second kappa shape index (κ2) is 10.7. The molecule has 1 aromatic heterocycles. The van der Waals surface area contributed by atoms with Gasteiger partial charge in [0.1, 0.15) is 0 Å². The molecule has 0 spiro atoms. The molecule has 2 fully saturated rings. The van der Waals surface area contributed by atoms with Crippen LogP contribution in [0.5, 0.6) is 0 Å². The number of likely N-dealkylation sites (tertiary alicyclic amines) is 2. The Labute approximate surface area is 229 Å². The van der Waals surface area contributed by atoms with Crippen LogP contribution in [0, 0.1) is 12.8 Å². The lowest BCUT2D eigenvalue weighted by molar-refractivity contribution is -0.132. The number of halogens is 2. The van der Waals surface area contributed by atoms with Gasteiger partial charge < -0.3 is 15.5 Å². The average Bonchev–Trinajstić information content (AvgIpc) is 3.03. The molecule has 36 heavy (non-hydrogen) atoms. The number of benzene rings is 1. The normalized spacial score (nSPS) is 18.5. The van der Waals surface area contributed by atoms with Crippen molar-refractivity contribution in [1.29, 1.82) is 0 Å². The number of hydrogen-bond donors (Lipinski definition) is 1. The van der Waals surface area contributed by atoms with Gasteiger partial charge in [-0.15, -0.1) is 0 Å². The molecule has 3 aliphatic rings. The molecule has 0 atom stereocenters. The summed E-state index contributed by atoms with van der Waals surface area (Å²) in [7, 11) is 0. The summed E-state index contributed by atoms with van der Waals surface area (Å²) in [5, 5.41) is 0. The van der Waals surface area contributed by atoms with Crippen LogP contribution in [0.3, 0.4) is 0 Å². The molecule has 1 aliphatic carbocycles. The zero-order valence-corrected chi connectivity index (χ0v) is 23.8. The second-order valence-corrected chi connectivity index (χ2v) is 11.9. The van der Waals surface area contributed by atoms with Crippen LogP contribution >= 0.6 is 31.9 Å². The summed E-state index contributed by atoms with van der Waals surface area (Å²) in [5.74, 6) is 0.565. The highest BCUT2D eigenvalue weighted by molar-refractivity contribution is 9.10. The summed E-state index contributed by atoms with van der Waals surface area (Å²) in [4.78, 5) is 33.1. The lowest BCUT2D eigenvalue weighted by Gasteiger charge is -2.34. The Morgan fingerprint density at radius 2 is 1.75 bits per heavy atom. The Balaban J connectivity index is 1.36. The number of carbonyl (C=O) groups excluding carboxylic acids is 2. The molecule has 1 aromatic carbocycles. The van der Waals surface area contributed by atoms with Gasteiger partial charge in [-0.3, -0.25) is 9.78 Å². The summed E-state index contributed by atoms with van der Waals surface area (Å²) in [6, 6.07) is 6.29. The number of aromatic nitrogens is 1. The topological polar surface area (TPSA) is 79.5 Å². The van der Waals surface area contributed by atoms with Crippen molar-refractivity contribution in [2.75, 3.05) is 26.2 Å². The van der Waals surface area contributed by atoms with Gasteiger partial charge in [0.15, 0.2) is 0 Å². The van der Waals surface area contributed by atoms with Gasteiger partial charge in [0, 0.05) is 53.3 Å². The van der Waals surface area contributed by atoms with Crippen molar-refractivity contribution in [3.63, 3.8) is 0 Å². The monoisotopic (exact) mass is 614 g/mol. The van der Waals surface area contributed by atoms with Crippen LogP contribution in [-0.4, -0.2) is 52.9 Å². The molecule has 3 amide bonds. The first-order valence-corrected chi connectivity index (χ1v) is 14.4. The van der Waals surface area contributed by atoms with Crippen molar-refractivity contribution in [2.24, 2.45) is 11.7 Å². The first-order chi connectivity index (χ1) is 17.3. The zero-order chi connectivity index (χ0) is 25.4. The van der Waals surface area contributed by atoms with Crippen LogP contribution in [0.2, 0.25) is 0 Å². The highest BCUT2D eigenvalue weighted by Crippen LogP contribution is 2.41. The minimum atomic E-state index is -0.359. The van der Waals surface area contributed by atoms with Gasteiger partial charge in [-0.05, 0) is 95.6 Å². The first-order valence-electron chi connectivity index (χ1n) is 12.8. The van der Waals surface area contributed by atoms with Crippen molar-refractivity contribution in [1.82, 2.24) is 14.8 Å². The number of primary amides is 1. The van der Waals surface area contributed by atoms with E-state index in [4.69, 9.17) is 10.7 Å². The second-order valence-electron chi connectivity index (χ2n) is 10.2. The van der Waals surface area contributed by atoms with Crippen molar-refractivity contribution >= 4 is 49.4 Å². The molecule has 0 radical (unpaired) electrons. The number of piperidine rings is 2. The largest absolute Gasteiger partial charge is 0.351 e. The van der Waals surface area contributed by atoms with E-state index in [1.165, 1.54) is 37.9 Å². The Morgan fingerprint density at radius 3 is 2.44 bits per heavy atom. The molecule has 2 N–H and O–H groups in total. The Bertz CT molecular complexity index is 1220. The fourth-order valence-electron chi connectivity index (χ4n) is 5.87. The summed E-state index contributed by atoms with van der Waals surface area (Å²) in [5.41, 5.74) is 14.3. The molecule has 0 bridgehead atoms. The number of fused-ring (bicyclic) bond motifs is 2. The quantitative estimate of drug-likeness (QED) is 0.476. The standard InChI is InChI=1S/C28H32Br2N4O2/c1-17-2-4-22-23(26(17)30)5-3-20-15-21(29)16-32-27(20)25(22)19-8-12-33(13-9-19)24(35)14-18-6-10-34(11-7-18)28(31)36/h2,4,15-16,18H,3,5-14H2,1H3,(H2,31,36). The van der Waals surface area contributed by atoms with Crippen molar-refractivity contribution in [2.45, 2.75) is 51.9 Å². The van der Waals surface area contributed by atoms with Gasteiger partial charge in [-0.25, -0.2) is 4.79 Å². The van der Waals surface area contributed by atoms with Gasteiger partial charge in [-0.2, -0.15) is 0 Å². The molecule has 2 aliphatic heterocycles. The Hall–Kier alpha value is -2.19. The number of pyridine rings is 1. The summed E-state index contributed by atoms with van der Waals surface area (Å²) in [6.07, 6.45) is 7.81. The lowest BCUT2D eigenvalue weighted by Crippen LogP contribution is -2.43. The van der Waals surface area contributed by atoms with Crippen LogP contribution in [-0.2, 0) is 17.6 Å². The SMILES string of the molecule is Cc1ccc2c(c1Br)CCc1cc(Br)cnc1C2=C1CCN(C(=O)CC2CCN(C(N)=O)CC2)CC1. The first kappa shape index (κ1) is 25.5. The van der Waals surface area contributed by atoms with Crippen molar-refractivity contribution in [3.8, 4) is 0 Å². The van der Waals surface area contributed by atoms with Crippen LogP contribution in [0.1, 0.15) is 60.1 Å². The number of amides is 3. The van der Waals surface area contributed by atoms with Gasteiger partial charge in [0.2, 0.25) is 5.91 Å². The molecule has 8 heteroatoms. The van der Waals surface area contributed by atoms with E-state index >= 15 is 0 Å². The Morgan fingerprint density at radius 1 is 1.03 bits per heavy atom. The average molecular weight is 616 g/mol. The molecule has 0 saturated carbocycles. The maximum atomic E-state index is 13.1. The third-order valence-corrected chi connectivity index (χ3v) is 9.52. The molecular weight excluding hydrogens is 584 g/mol. The molecular formula is C28H32Br2N4O2. The number of nitrogens with zero attached hydrogens (tertiary/aromatic N) is 3. The maximum Gasteiger partial charge on any atom is 0.314 e. The molecule has 5 rings (SSSR count). The van der Waals surface area contributed by atoms with Crippen molar-refractivity contribution in [3.05, 3.63) is 66.9 Å². The molecule has 3 heterocycles.